The van der Waals surface area contributed by atoms with Crippen molar-refractivity contribution in [3.63, 3.8) is 0 Å². The lowest BCUT2D eigenvalue weighted by Gasteiger charge is -2.26. The van der Waals surface area contributed by atoms with Crippen LogP contribution in [0.5, 0.6) is 40.2 Å². The van der Waals surface area contributed by atoms with Crippen molar-refractivity contribution in [2.24, 2.45) is 0 Å². The van der Waals surface area contributed by atoms with Crippen LogP contribution in [0.2, 0.25) is 0 Å². The zero-order chi connectivity index (χ0) is 68.8. The van der Waals surface area contributed by atoms with E-state index in [0.29, 0.717) is 83.5 Å². The van der Waals surface area contributed by atoms with Crippen molar-refractivity contribution in [2.45, 2.75) is 40.6 Å². The van der Waals surface area contributed by atoms with Crippen molar-refractivity contribution < 1.29 is 47.1 Å². The summed E-state index contributed by atoms with van der Waals surface area (Å²) in [6.07, 6.45) is 5.09. The summed E-state index contributed by atoms with van der Waals surface area (Å²) in [6, 6.07) is 46.6. The first-order valence-corrected chi connectivity index (χ1v) is 32.4. The molecule has 1 fully saturated rings. The van der Waals surface area contributed by atoms with Gasteiger partial charge in [-0.15, -0.1) is 41.9 Å². The molecule has 15 aromatic rings. The Balaban J connectivity index is 0.000000128. The van der Waals surface area contributed by atoms with E-state index in [9.17, 15) is 9.18 Å². The molecule has 16 rings (SSSR count). The van der Waals surface area contributed by atoms with Gasteiger partial charge in [-0.25, -0.2) is 4.39 Å². The number of thiophene rings is 1. The molecule has 27 heteroatoms. The number of methoxy groups -OCH3 is 4. The van der Waals surface area contributed by atoms with Crippen LogP contribution in [0, 0.1) is 26.6 Å². The van der Waals surface area contributed by atoms with Gasteiger partial charge in [0.05, 0.1) is 79.3 Å². The maximum atomic E-state index is 14.1. The number of rotatable bonds is 17. The molecule has 0 bridgehead atoms. The molecule has 0 saturated carbocycles. The molecule has 11 heterocycles. The minimum absolute atomic E-state index is 0.0405. The molecule has 1 saturated heterocycles. The molecule has 0 unspecified atom stereocenters. The zero-order valence-corrected chi connectivity index (χ0v) is 56.0. The number of hydrogen-bond acceptors (Lipinski definition) is 22. The summed E-state index contributed by atoms with van der Waals surface area (Å²) in [5.41, 5.74) is 11.5. The first kappa shape index (κ1) is 65.0. The number of amides is 1. The molecule has 25 nitrogen and oxygen atoms in total. The molecule has 5 aromatic carbocycles. The number of carbonyl (C=O) groups excluding carboxylic acids is 1. The lowest BCUT2D eigenvalue weighted by atomic mass is 10.0. The molecule has 0 aliphatic carbocycles. The molecule has 10 aromatic heterocycles. The number of fused-ring (bicyclic) bond motifs is 6. The van der Waals surface area contributed by atoms with Gasteiger partial charge in [-0.3, -0.25) is 19.7 Å². The number of halogens is 1. The van der Waals surface area contributed by atoms with Gasteiger partial charge in [-0.05, 0) is 159 Å². The topological polar surface area (TPSA) is 262 Å². The van der Waals surface area contributed by atoms with E-state index in [-0.39, 0.29) is 31.5 Å². The predicted molar refractivity (Wildman–Crippen MR) is 372 cm³/mol. The van der Waals surface area contributed by atoms with E-state index >= 15 is 0 Å². The van der Waals surface area contributed by atoms with E-state index in [2.05, 4.69) is 82.7 Å². The number of morpholine rings is 1. The van der Waals surface area contributed by atoms with Crippen LogP contribution in [0.25, 0.3) is 82.7 Å². The van der Waals surface area contributed by atoms with Crippen LogP contribution in [0.4, 0.5) is 4.39 Å². The van der Waals surface area contributed by atoms with E-state index in [1.54, 1.807) is 83.8 Å². The molecule has 0 spiro atoms. The Morgan fingerprint density at radius 1 is 0.450 bits per heavy atom. The molecule has 100 heavy (non-hydrogen) atoms. The third-order valence-corrected chi connectivity index (χ3v) is 17.9. The van der Waals surface area contributed by atoms with Gasteiger partial charge in [0.25, 0.3) is 5.91 Å². The van der Waals surface area contributed by atoms with Crippen molar-refractivity contribution in [2.75, 3.05) is 54.7 Å². The van der Waals surface area contributed by atoms with E-state index in [4.69, 9.17) is 48.1 Å². The average Bonchev–Trinajstić information content (AvgIpc) is 1.56. The molecular formula is C73H63FN16O9S. The van der Waals surface area contributed by atoms with Crippen molar-refractivity contribution >= 4 is 66.9 Å². The van der Waals surface area contributed by atoms with Crippen LogP contribution in [-0.2, 0) is 24.6 Å². The normalized spacial score (nSPS) is 12.1. The lowest BCUT2D eigenvalue weighted by Crippen LogP contribution is -2.40. The molecular weight excluding hydrogens is 1300 g/mol. The van der Waals surface area contributed by atoms with E-state index in [1.165, 1.54) is 35.6 Å². The second-order valence-corrected chi connectivity index (χ2v) is 24.0. The fraction of sp³-hybridized carbons (Fsp3) is 0.192. The summed E-state index contributed by atoms with van der Waals surface area (Å²) in [6.45, 7) is 9.07. The van der Waals surface area contributed by atoms with Crippen molar-refractivity contribution in [3.8, 4) is 73.3 Å². The van der Waals surface area contributed by atoms with Gasteiger partial charge in [0.15, 0.2) is 46.0 Å². The molecule has 1 aliphatic rings. The second-order valence-electron chi connectivity index (χ2n) is 22.9. The Hall–Kier alpha value is -12.4. The van der Waals surface area contributed by atoms with Crippen molar-refractivity contribution in [3.05, 3.63) is 215 Å². The van der Waals surface area contributed by atoms with Crippen LogP contribution in [-0.4, -0.2) is 140 Å². The highest BCUT2D eigenvalue weighted by molar-refractivity contribution is 7.17. The lowest BCUT2D eigenvalue weighted by molar-refractivity contribution is 0.0305. The molecule has 1 amide bonds. The molecule has 0 radical (unpaired) electrons. The van der Waals surface area contributed by atoms with Crippen LogP contribution in [0.1, 0.15) is 43.8 Å². The van der Waals surface area contributed by atoms with Crippen LogP contribution >= 0.6 is 11.3 Å². The smallest absolute Gasteiger partial charge is 0.264 e. The Labute approximate surface area is 574 Å². The number of hydrogen-bond donors (Lipinski definition) is 0. The minimum atomic E-state index is -0.458. The summed E-state index contributed by atoms with van der Waals surface area (Å²) >= 11 is 1.45. The van der Waals surface area contributed by atoms with E-state index in [0.717, 1.165) is 88.0 Å². The first-order valence-electron chi connectivity index (χ1n) is 31.6. The van der Waals surface area contributed by atoms with Gasteiger partial charge < -0.3 is 42.8 Å². The first-order chi connectivity index (χ1) is 48.9. The Bertz CT molecular complexity index is 5530. The monoisotopic (exact) mass is 1360 g/mol. The van der Waals surface area contributed by atoms with E-state index in [1.807, 2.05) is 109 Å². The van der Waals surface area contributed by atoms with Gasteiger partial charge in [0.2, 0.25) is 0 Å². The zero-order valence-electron chi connectivity index (χ0n) is 55.2. The van der Waals surface area contributed by atoms with Crippen molar-refractivity contribution in [1.29, 1.82) is 0 Å². The average molecular weight is 1360 g/mol. The number of pyridine rings is 3. The predicted octanol–water partition coefficient (Wildman–Crippen LogP) is 12.4. The molecule has 0 N–H and O–H groups in total. The molecule has 502 valence electrons. The van der Waals surface area contributed by atoms with E-state index < -0.39 is 5.82 Å². The highest BCUT2D eigenvalue weighted by Crippen LogP contribution is 2.34. The quantitative estimate of drug-likeness (QED) is 0.0820. The summed E-state index contributed by atoms with van der Waals surface area (Å²) < 4.78 is 63.5. The molecule has 1 aliphatic heterocycles. The van der Waals surface area contributed by atoms with Crippen LogP contribution < -0.4 is 33.2 Å². The summed E-state index contributed by atoms with van der Waals surface area (Å²) in [4.78, 5) is 29.7. The summed E-state index contributed by atoms with van der Waals surface area (Å²) in [7, 11) is 6.30. The third-order valence-electron chi connectivity index (χ3n) is 16.7. The number of aromatic nitrogens is 15. The van der Waals surface area contributed by atoms with Crippen molar-refractivity contribution in [1.82, 2.24) is 79.3 Å². The standard InChI is InChI=1S/C26H24N6O4S.C24H21N5O2.C23H18FN5O3/c1-16-13-22(37-25(16)26(33)31-9-11-35-12-10-31)19-5-6-23-28-29-24(32(23)30-19)15-36-21-7-8-27-20-14-17(34-2)3-4-18(20)21;1-15-4-5-17(12-16(15)2)20-8-9-23-26-27-24(29(23)28-20)14-31-22-10-11-25-21-13-18(30-3)6-7-19(21)22;1-30-15-4-5-16-19(12-15)25-10-9-20(16)32-13-23-27-26-22-8-6-18(28-29(22)23)14-3-7-21(31-2)17(24)11-14/h3-8,13-14H,9-12,15H2,1-2H3;4-13H,14H2,1-3H3;3-12H,13H2,1-2H3. The number of carbonyl (C=O) groups is 1. The summed E-state index contributed by atoms with van der Waals surface area (Å²) in [5.74, 6) is 5.71. The maximum absolute atomic E-state index is 14.1. The van der Waals surface area contributed by atoms with Gasteiger partial charge >= 0.3 is 0 Å². The Morgan fingerprint density at radius 2 is 0.890 bits per heavy atom. The SMILES string of the molecule is COc1ccc2c(OCc3nnc4ccc(-c5cc(C)c(C(=O)N6CCOCC6)s5)nn34)ccnc2c1.COc1ccc2c(OCc3nnc4ccc(-c5ccc(C)c(C)c5)nn34)ccnc2c1.COc1ccc2c(OCc3nnc4ccc(-c5ccc(OC)c(F)c5)nn34)ccnc2c1. The minimum Gasteiger partial charge on any atom is -0.497 e. The summed E-state index contributed by atoms with van der Waals surface area (Å²) in [5, 5.41) is 42.1. The van der Waals surface area contributed by atoms with Gasteiger partial charge in [-0.2, -0.15) is 28.8 Å². The highest BCUT2D eigenvalue weighted by Gasteiger charge is 2.24. The number of nitrogens with zero attached hydrogens (tertiary/aromatic N) is 16. The number of ether oxygens (including phenoxy) is 8. The third kappa shape index (κ3) is 13.7. The number of aryl methyl sites for hydroxylation is 3. The van der Waals surface area contributed by atoms with Crippen LogP contribution in [0.15, 0.2) is 170 Å². The van der Waals surface area contributed by atoms with Crippen LogP contribution in [0.3, 0.4) is 0 Å². The number of benzene rings is 5. The fourth-order valence-corrected chi connectivity index (χ4v) is 12.3. The van der Waals surface area contributed by atoms with Gasteiger partial charge in [-0.1, -0.05) is 12.1 Å². The van der Waals surface area contributed by atoms with Gasteiger partial charge in [0.1, 0.15) is 60.0 Å². The Kier molecular flexibility index (Phi) is 18.7. The Morgan fingerprint density at radius 3 is 1.33 bits per heavy atom. The molecule has 0 atom stereocenters. The highest BCUT2D eigenvalue weighted by atomic mass is 32.1. The second kappa shape index (κ2) is 28.8. The van der Waals surface area contributed by atoms with Gasteiger partial charge in [0, 0.05) is 77.2 Å². The largest absolute Gasteiger partial charge is 0.497 e. The fourth-order valence-electron chi connectivity index (χ4n) is 11.2. The maximum Gasteiger partial charge on any atom is 0.264 e.